The lowest BCUT2D eigenvalue weighted by Crippen LogP contribution is -2.25. The first kappa shape index (κ1) is 22.1. The third-order valence-electron chi connectivity index (χ3n) is 4.90. The third kappa shape index (κ3) is 5.77. The molecule has 4 aromatic rings. The van der Waals surface area contributed by atoms with Crippen molar-refractivity contribution in [1.82, 2.24) is 25.3 Å². The largest absolute Gasteiger partial charge is 0.467 e. The van der Waals surface area contributed by atoms with E-state index in [4.69, 9.17) is 4.42 Å². The van der Waals surface area contributed by atoms with Crippen LogP contribution in [0.2, 0.25) is 0 Å². The van der Waals surface area contributed by atoms with E-state index in [9.17, 15) is 4.79 Å². The molecule has 2 N–H and O–H groups in total. The molecule has 0 aliphatic heterocycles. The molecule has 166 valence electrons. The second-order valence-electron chi connectivity index (χ2n) is 7.16. The summed E-state index contributed by atoms with van der Waals surface area (Å²) in [7, 11) is 0. The number of amides is 1. The number of furan rings is 1. The Morgan fingerprint density at radius 2 is 1.97 bits per heavy atom. The Kier molecular flexibility index (Phi) is 7.23. The Morgan fingerprint density at radius 3 is 2.75 bits per heavy atom. The van der Waals surface area contributed by atoms with E-state index < -0.39 is 0 Å². The van der Waals surface area contributed by atoms with Gasteiger partial charge in [-0.15, -0.1) is 10.2 Å². The lowest BCUT2D eigenvalue weighted by atomic mass is 10.2. The molecule has 0 aliphatic rings. The number of anilines is 1. The molecule has 8 nitrogen and oxygen atoms in total. The average molecular weight is 469 g/mol. The third-order valence-corrected chi connectivity index (χ3v) is 6.91. The first-order valence-corrected chi connectivity index (χ1v) is 11.9. The van der Waals surface area contributed by atoms with Gasteiger partial charge in [-0.2, -0.15) is 5.10 Å². The van der Waals surface area contributed by atoms with Crippen LogP contribution in [0, 0.1) is 13.8 Å². The Balaban J connectivity index is 1.24. The normalized spacial score (nSPS) is 10.9. The van der Waals surface area contributed by atoms with E-state index in [0.29, 0.717) is 24.8 Å². The molecule has 3 aromatic heterocycles. The summed E-state index contributed by atoms with van der Waals surface area (Å²) in [5.41, 5.74) is 4.25. The van der Waals surface area contributed by atoms with Gasteiger partial charge in [0.25, 0.3) is 0 Å². The van der Waals surface area contributed by atoms with Crippen LogP contribution >= 0.6 is 23.1 Å². The fourth-order valence-electron chi connectivity index (χ4n) is 3.18. The number of aromatic nitrogens is 4. The van der Waals surface area contributed by atoms with Crippen molar-refractivity contribution in [3.05, 3.63) is 77.0 Å². The Bertz CT molecular complexity index is 1150. The fourth-order valence-corrected chi connectivity index (χ4v) is 4.76. The van der Waals surface area contributed by atoms with E-state index in [0.717, 1.165) is 27.1 Å². The number of rotatable bonds is 10. The predicted molar refractivity (Wildman–Crippen MR) is 126 cm³/mol. The molecule has 0 saturated carbocycles. The smallest absolute Gasteiger partial charge is 0.230 e. The summed E-state index contributed by atoms with van der Waals surface area (Å²) in [6.45, 7) is 5.73. The molecule has 0 bridgehead atoms. The molecular formula is C22H24N6O2S2. The van der Waals surface area contributed by atoms with Crippen LogP contribution in [-0.4, -0.2) is 31.6 Å². The molecule has 10 heteroatoms. The molecule has 1 aromatic carbocycles. The molecule has 32 heavy (non-hydrogen) atoms. The maximum Gasteiger partial charge on any atom is 0.230 e. The molecule has 4 rings (SSSR count). The molecule has 0 atom stereocenters. The summed E-state index contributed by atoms with van der Waals surface area (Å²) in [5, 5.41) is 19.7. The maximum atomic E-state index is 12.4. The fraction of sp³-hybridized carbons (Fsp3) is 0.273. The monoisotopic (exact) mass is 468 g/mol. The second kappa shape index (κ2) is 10.5. The summed E-state index contributed by atoms with van der Waals surface area (Å²) in [6.07, 6.45) is 1.63. The van der Waals surface area contributed by atoms with Gasteiger partial charge in [-0.25, -0.2) is 0 Å². The molecule has 0 spiro atoms. The van der Waals surface area contributed by atoms with E-state index >= 15 is 0 Å². The van der Waals surface area contributed by atoms with Crippen LogP contribution in [0.3, 0.4) is 0 Å². The van der Waals surface area contributed by atoms with Crippen molar-refractivity contribution in [3.8, 4) is 0 Å². The molecule has 0 unspecified atom stereocenters. The number of aryl methyl sites for hydroxylation is 1. The van der Waals surface area contributed by atoms with Gasteiger partial charge in [0.15, 0.2) is 4.34 Å². The molecule has 0 fully saturated rings. The number of nitrogens with zero attached hydrogens (tertiary/aromatic N) is 4. The standard InChI is InChI=1S/C22H24N6O2S2/c1-15-19(16(2)28(27-15)13-17-7-4-3-5-8-17)12-23-20(29)14-31-22-26-25-21(32-22)24-11-18-9-6-10-30-18/h3-10H,11-14H2,1-2H3,(H,23,29)(H,24,25). The minimum absolute atomic E-state index is 0.0510. The van der Waals surface area contributed by atoms with Crippen molar-refractivity contribution in [2.24, 2.45) is 0 Å². The van der Waals surface area contributed by atoms with Crippen molar-refractivity contribution >= 4 is 34.1 Å². The van der Waals surface area contributed by atoms with Gasteiger partial charge >= 0.3 is 0 Å². The number of nitrogens with one attached hydrogen (secondary N) is 2. The highest BCUT2D eigenvalue weighted by molar-refractivity contribution is 8.01. The van der Waals surface area contributed by atoms with Crippen LogP contribution < -0.4 is 10.6 Å². The van der Waals surface area contributed by atoms with Gasteiger partial charge in [0, 0.05) is 17.8 Å². The quantitative estimate of drug-likeness (QED) is 0.339. The summed E-state index contributed by atoms with van der Waals surface area (Å²) in [5.74, 6) is 1.06. The molecule has 1 amide bonds. The number of carbonyl (C=O) groups is 1. The lowest BCUT2D eigenvalue weighted by Gasteiger charge is -2.07. The van der Waals surface area contributed by atoms with Crippen LogP contribution in [0.4, 0.5) is 5.13 Å². The van der Waals surface area contributed by atoms with Gasteiger partial charge in [0.2, 0.25) is 11.0 Å². The molecule has 0 radical (unpaired) electrons. The zero-order valence-corrected chi connectivity index (χ0v) is 19.5. The highest BCUT2D eigenvalue weighted by atomic mass is 32.2. The highest BCUT2D eigenvalue weighted by Gasteiger charge is 2.14. The first-order chi connectivity index (χ1) is 15.6. The first-order valence-electron chi connectivity index (χ1n) is 10.1. The number of carbonyl (C=O) groups excluding carboxylic acids is 1. The minimum Gasteiger partial charge on any atom is -0.467 e. The minimum atomic E-state index is -0.0510. The SMILES string of the molecule is Cc1nn(Cc2ccccc2)c(C)c1CNC(=O)CSc1nnc(NCc2ccco2)s1. The Hall–Kier alpha value is -3.11. The Morgan fingerprint density at radius 1 is 1.12 bits per heavy atom. The van der Waals surface area contributed by atoms with E-state index in [1.165, 1.54) is 28.7 Å². The zero-order valence-electron chi connectivity index (χ0n) is 17.9. The van der Waals surface area contributed by atoms with Crippen LogP contribution in [0.25, 0.3) is 0 Å². The van der Waals surface area contributed by atoms with E-state index in [-0.39, 0.29) is 11.7 Å². The van der Waals surface area contributed by atoms with Crippen molar-refractivity contribution in [3.63, 3.8) is 0 Å². The molecular weight excluding hydrogens is 444 g/mol. The highest BCUT2D eigenvalue weighted by Crippen LogP contribution is 2.25. The van der Waals surface area contributed by atoms with Gasteiger partial charge < -0.3 is 15.1 Å². The topological polar surface area (TPSA) is 97.9 Å². The summed E-state index contributed by atoms with van der Waals surface area (Å²) < 4.78 is 8.01. The number of hydrogen-bond acceptors (Lipinski definition) is 8. The van der Waals surface area contributed by atoms with Gasteiger partial charge in [0.05, 0.1) is 30.8 Å². The average Bonchev–Trinajstić information content (AvgIpc) is 3.53. The molecule has 0 aliphatic carbocycles. The summed E-state index contributed by atoms with van der Waals surface area (Å²) in [4.78, 5) is 12.4. The number of hydrogen-bond donors (Lipinski definition) is 2. The number of benzene rings is 1. The van der Waals surface area contributed by atoms with Crippen molar-refractivity contribution in [1.29, 1.82) is 0 Å². The number of thioether (sulfide) groups is 1. The second-order valence-corrected chi connectivity index (χ2v) is 9.36. The van der Waals surface area contributed by atoms with Crippen molar-refractivity contribution in [2.45, 2.75) is 37.8 Å². The summed E-state index contributed by atoms with van der Waals surface area (Å²) >= 11 is 2.79. The predicted octanol–water partition coefficient (Wildman–Crippen LogP) is 4.01. The van der Waals surface area contributed by atoms with Gasteiger partial charge in [-0.1, -0.05) is 53.4 Å². The lowest BCUT2D eigenvalue weighted by molar-refractivity contribution is -0.118. The van der Waals surface area contributed by atoms with Gasteiger partial charge in [0.1, 0.15) is 5.76 Å². The van der Waals surface area contributed by atoms with Crippen LogP contribution in [0.5, 0.6) is 0 Å². The van der Waals surface area contributed by atoms with Gasteiger partial charge in [-0.05, 0) is 31.5 Å². The van der Waals surface area contributed by atoms with E-state index in [1.807, 2.05) is 48.9 Å². The molecule has 0 saturated heterocycles. The van der Waals surface area contributed by atoms with Crippen LogP contribution in [-0.2, 0) is 24.4 Å². The summed E-state index contributed by atoms with van der Waals surface area (Å²) in [6, 6.07) is 14.0. The Labute approximate surface area is 194 Å². The van der Waals surface area contributed by atoms with Crippen molar-refractivity contribution < 1.29 is 9.21 Å². The van der Waals surface area contributed by atoms with Gasteiger partial charge in [-0.3, -0.25) is 9.48 Å². The molecule has 3 heterocycles. The van der Waals surface area contributed by atoms with E-state index in [2.05, 4.69) is 38.1 Å². The van der Waals surface area contributed by atoms with Crippen LogP contribution in [0.15, 0.2) is 57.5 Å². The maximum absolute atomic E-state index is 12.4. The van der Waals surface area contributed by atoms with Crippen LogP contribution in [0.1, 0.15) is 28.3 Å². The van der Waals surface area contributed by atoms with Crippen molar-refractivity contribution in [2.75, 3.05) is 11.1 Å². The zero-order chi connectivity index (χ0) is 22.3. The van der Waals surface area contributed by atoms with E-state index in [1.54, 1.807) is 6.26 Å².